The first-order valence-electron chi connectivity index (χ1n) is 9.39. The molecular formula is C21H23ClN4S. The minimum absolute atomic E-state index is 0.0107. The van der Waals surface area contributed by atoms with E-state index in [1.807, 2.05) is 24.3 Å². The van der Waals surface area contributed by atoms with Crippen LogP contribution in [0.2, 0.25) is 5.02 Å². The number of benzene rings is 2. The van der Waals surface area contributed by atoms with Crippen LogP contribution >= 0.6 is 23.8 Å². The second kappa shape index (κ2) is 7.87. The van der Waals surface area contributed by atoms with Crippen LogP contribution in [0.5, 0.6) is 0 Å². The highest BCUT2D eigenvalue weighted by Crippen LogP contribution is 2.33. The summed E-state index contributed by atoms with van der Waals surface area (Å²) in [5, 5.41) is 7.46. The number of hydrogen-bond donors (Lipinski definition) is 1. The lowest BCUT2D eigenvalue weighted by atomic mass is 9.98. The lowest BCUT2D eigenvalue weighted by Crippen LogP contribution is -2.31. The number of rotatable bonds is 3. The summed E-state index contributed by atoms with van der Waals surface area (Å²) in [6.07, 6.45) is 4.66. The summed E-state index contributed by atoms with van der Waals surface area (Å²) in [5.41, 5.74) is 10.5. The Labute approximate surface area is 170 Å². The van der Waals surface area contributed by atoms with E-state index in [0.717, 1.165) is 36.3 Å². The minimum atomic E-state index is 0.0107. The van der Waals surface area contributed by atoms with Gasteiger partial charge in [-0.1, -0.05) is 35.9 Å². The van der Waals surface area contributed by atoms with Gasteiger partial charge in [0.05, 0.1) is 11.8 Å². The van der Waals surface area contributed by atoms with Crippen LogP contribution in [0.1, 0.15) is 42.9 Å². The van der Waals surface area contributed by atoms with Crippen molar-refractivity contribution < 1.29 is 0 Å². The van der Waals surface area contributed by atoms with Crippen molar-refractivity contribution in [3.63, 3.8) is 0 Å². The van der Waals surface area contributed by atoms with Crippen molar-refractivity contribution in [3.8, 4) is 0 Å². The fourth-order valence-electron chi connectivity index (χ4n) is 3.85. The minimum Gasteiger partial charge on any atom is -0.375 e. The standard InChI is InChI=1S/C21H23ClN4S/c22-17-8-4-16(5-9-17)20-14-19(24-26(20)21(23)27)15-6-10-18(11-7-15)25-12-2-1-3-13-25/h4-11,20H,1-3,12-14H2,(H2,23,27). The van der Waals surface area contributed by atoms with Gasteiger partial charge in [-0.25, -0.2) is 5.01 Å². The molecule has 1 fully saturated rings. The first-order valence-corrected chi connectivity index (χ1v) is 10.2. The van der Waals surface area contributed by atoms with E-state index < -0.39 is 0 Å². The summed E-state index contributed by atoms with van der Waals surface area (Å²) < 4.78 is 0. The fraction of sp³-hybridized carbons (Fsp3) is 0.333. The monoisotopic (exact) mass is 398 g/mol. The lowest BCUT2D eigenvalue weighted by molar-refractivity contribution is 0.373. The summed E-state index contributed by atoms with van der Waals surface area (Å²) in [6.45, 7) is 2.29. The van der Waals surface area contributed by atoms with Gasteiger partial charge >= 0.3 is 0 Å². The Morgan fingerprint density at radius 3 is 2.30 bits per heavy atom. The highest BCUT2D eigenvalue weighted by molar-refractivity contribution is 7.80. The predicted octanol–water partition coefficient (Wildman–Crippen LogP) is 4.73. The molecule has 27 heavy (non-hydrogen) atoms. The molecule has 4 rings (SSSR count). The zero-order valence-electron chi connectivity index (χ0n) is 15.1. The van der Waals surface area contributed by atoms with Crippen LogP contribution in [0.3, 0.4) is 0 Å². The fourth-order valence-corrected chi connectivity index (χ4v) is 4.14. The Hall–Kier alpha value is -2.11. The number of thiocarbonyl (C=S) groups is 1. The number of halogens is 1. The molecule has 1 atom stereocenters. The molecule has 0 radical (unpaired) electrons. The van der Waals surface area contributed by atoms with Crippen LogP contribution in [-0.2, 0) is 0 Å². The number of piperidine rings is 1. The Bertz CT molecular complexity index is 841. The van der Waals surface area contributed by atoms with Gasteiger partial charge in [0, 0.05) is 30.2 Å². The highest BCUT2D eigenvalue weighted by Gasteiger charge is 2.30. The summed E-state index contributed by atoms with van der Waals surface area (Å²) in [6, 6.07) is 16.5. The van der Waals surface area contributed by atoms with Crippen molar-refractivity contribution in [1.29, 1.82) is 0 Å². The van der Waals surface area contributed by atoms with E-state index in [-0.39, 0.29) is 11.2 Å². The van der Waals surface area contributed by atoms with Crippen LogP contribution in [0, 0.1) is 0 Å². The van der Waals surface area contributed by atoms with Gasteiger partial charge in [-0.3, -0.25) is 0 Å². The molecule has 0 bridgehead atoms. The lowest BCUT2D eigenvalue weighted by Gasteiger charge is -2.28. The molecule has 2 N–H and O–H groups in total. The van der Waals surface area contributed by atoms with Crippen molar-refractivity contribution in [3.05, 3.63) is 64.7 Å². The third kappa shape index (κ3) is 3.94. The highest BCUT2D eigenvalue weighted by atomic mass is 35.5. The van der Waals surface area contributed by atoms with Crippen molar-refractivity contribution in [2.75, 3.05) is 18.0 Å². The molecular weight excluding hydrogens is 376 g/mol. The van der Waals surface area contributed by atoms with Crippen molar-refractivity contribution in [2.24, 2.45) is 10.8 Å². The van der Waals surface area contributed by atoms with Gasteiger partial charge in [-0.05, 0) is 66.9 Å². The Morgan fingerprint density at radius 2 is 1.67 bits per heavy atom. The molecule has 2 heterocycles. The maximum atomic E-state index is 6.02. The Balaban J connectivity index is 1.55. The quantitative estimate of drug-likeness (QED) is 0.759. The molecule has 6 heteroatoms. The molecule has 2 aliphatic heterocycles. The summed E-state index contributed by atoms with van der Waals surface area (Å²) in [5.74, 6) is 0. The van der Waals surface area contributed by atoms with E-state index in [2.05, 4.69) is 29.2 Å². The molecule has 0 saturated carbocycles. The average molecular weight is 399 g/mol. The maximum Gasteiger partial charge on any atom is 0.187 e. The normalized spacial score (nSPS) is 19.9. The zero-order valence-corrected chi connectivity index (χ0v) is 16.7. The number of nitrogens with zero attached hydrogens (tertiary/aromatic N) is 3. The molecule has 2 aliphatic rings. The van der Waals surface area contributed by atoms with Crippen molar-refractivity contribution in [1.82, 2.24) is 5.01 Å². The van der Waals surface area contributed by atoms with Crippen molar-refractivity contribution >= 4 is 40.3 Å². The maximum absolute atomic E-state index is 6.02. The van der Waals surface area contributed by atoms with Gasteiger partial charge in [0.1, 0.15) is 0 Å². The van der Waals surface area contributed by atoms with E-state index in [1.165, 1.54) is 24.9 Å². The van der Waals surface area contributed by atoms with Crippen molar-refractivity contribution in [2.45, 2.75) is 31.7 Å². The van der Waals surface area contributed by atoms with Gasteiger partial charge in [0.25, 0.3) is 0 Å². The van der Waals surface area contributed by atoms with E-state index in [4.69, 9.17) is 34.7 Å². The summed E-state index contributed by atoms with van der Waals surface area (Å²) in [4.78, 5) is 2.46. The van der Waals surface area contributed by atoms with Gasteiger partial charge in [0.2, 0.25) is 0 Å². The van der Waals surface area contributed by atoms with Gasteiger partial charge < -0.3 is 10.6 Å². The van der Waals surface area contributed by atoms with Gasteiger partial charge in [0.15, 0.2) is 5.11 Å². The first kappa shape index (κ1) is 18.3. The number of hydrazone groups is 1. The third-order valence-corrected chi connectivity index (χ3v) is 5.75. The SMILES string of the molecule is NC(=S)N1N=C(c2ccc(N3CCCCC3)cc2)CC1c1ccc(Cl)cc1. The van der Waals surface area contributed by atoms with E-state index >= 15 is 0 Å². The smallest absolute Gasteiger partial charge is 0.187 e. The van der Waals surface area contributed by atoms with Gasteiger partial charge in [-0.2, -0.15) is 5.10 Å². The second-order valence-electron chi connectivity index (χ2n) is 7.10. The third-order valence-electron chi connectivity index (χ3n) is 5.31. The van der Waals surface area contributed by atoms with Crippen LogP contribution in [-0.4, -0.2) is 28.9 Å². The molecule has 2 aromatic rings. The predicted molar refractivity (Wildman–Crippen MR) is 116 cm³/mol. The largest absolute Gasteiger partial charge is 0.375 e. The summed E-state index contributed by atoms with van der Waals surface area (Å²) in [7, 11) is 0. The molecule has 1 unspecified atom stereocenters. The number of nitrogens with two attached hydrogens (primary N) is 1. The average Bonchev–Trinajstić information content (AvgIpc) is 3.15. The van der Waals surface area contributed by atoms with Crippen LogP contribution in [0.4, 0.5) is 5.69 Å². The van der Waals surface area contributed by atoms with E-state index in [1.54, 1.807) is 5.01 Å². The molecule has 1 saturated heterocycles. The summed E-state index contributed by atoms with van der Waals surface area (Å²) >= 11 is 11.3. The number of anilines is 1. The zero-order chi connectivity index (χ0) is 18.8. The second-order valence-corrected chi connectivity index (χ2v) is 7.95. The molecule has 0 aromatic heterocycles. The van der Waals surface area contributed by atoms with E-state index in [9.17, 15) is 0 Å². The molecule has 140 valence electrons. The Kier molecular flexibility index (Phi) is 5.32. The van der Waals surface area contributed by atoms with Gasteiger partial charge in [-0.15, -0.1) is 0 Å². The first-order chi connectivity index (χ1) is 13.1. The molecule has 0 amide bonds. The topological polar surface area (TPSA) is 44.9 Å². The van der Waals surface area contributed by atoms with E-state index in [0.29, 0.717) is 5.02 Å². The van der Waals surface area contributed by atoms with Crippen LogP contribution in [0.15, 0.2) is 53.6 Å². The molecule has 4 nitrogen and oxygen atoms in total. The van der Waals surface area contributed by atoms with Crippen LogP contribution < -0.4 is 10.6 Å². The molecule has 0 aliphatic carbocycles. The molecule has 0 spiro atoms. The molecule has 2 aromatic carbocycles. The Morgan fingerprint density at radius 1 is 1.00 bits per heavy atom. The number of hydrogen-bond acceptors (Lipinski definition) is 3. The van der Waals surface area contributed by atoms with Crippen LogP contribution in [0.25, 0.3) is 0 Å².